The van der Waals surface area contributed by atoms with Crippen molar-refractivity contribution in [2.45, 2.75) is 37.9 Å². The topological polar surface area (TPSA) is 84.4 Å². The van der Waals surface area contributed by atoms with Gasteiger partial charge in [-0.3, -0.25) is 9.59 Å². The second kappa shape index (κ2) is 8.60. The van der Waals surface area contributed by atoms with Crippen molar-refractivity contribution in [3.63, 3.8) is 0 Å². The van der Waals surface area contributed by atoms with E-state index in [1.165, 1.54) is 11.8 Å². The molecule has 0 fully saturated rings. The molecular formula is C20H24N4O3S. The molecule has 1 aromatic carbocycles. The molecule has 1 atom stereocenters. The molecule has 0 saturated heterocycles. The van der Waals surface area contributed by atoms with Gasteiger partial charge in [0.1, 0.15) is 5.75 Å². The summed E-state index contributed by atoms with van der Waals surface area (Å²) in [5.41, 5.74) is 3.48. The van der Waals surface area contributed by atoms with E-state index in [9.17, 15) is 9.59 Å². The summed E-state index contributed by atoms with van der Waals surface area (Å²) >= 11 is 1.50. The van der Waals surface area contributed by atoms with E-state index < -0.39 is 6.10 Å². The first-order valence-electron chi connectivity index (χ1n) is 9.10. The third kappa shape index (κ3) is 4.11. The standard InChI is InChI=1S/C20H24N4O3S/c1-12-14(13(2)23-20(22-12)28-4)9-10-18(25)24-11-17(19(26)21-3)27-16-8-6-5-7-15(16)24/h5-8,17H,9-11H2,1-4H3,(H,21,26). The minimum atomic E-state index is -0.725. The summed E-state index contributed by atoms with van der Waals surface area (Å²) in [4.78, 5) is 35.7. The van der Waals surface area contributed by atoms with E-state index in [2.05, 4.69) is 15.3 Å². The van der Waals surface area contributed by atoms with Crippen molar-refractivity contribution in [1.29, 1.82) is 0 Å². The molecule has 2 amide bonds. The Labute approximate surface area is 168 Å². The number of carbonyl (C=O) groups excluding carboxylic acids is 2. The lowest BCUT2D eigenvalue weighted by atomic mass is 10.1. The summed E-state index contributed by atoms with van der Waals surface area (Å²) in [5.74, 6) is 0.230. The van der Waals surface area contributed by atoms with E-state index in [1.807, 2.05) is 38.3 Å². The van der Waals surface area contributed by atoms with E-state index in [-0.39, 0.29) is 18.4 Å². The molecule has 1 aromatic heterocycles. The highest BCUT2D eigenvalue weighted by Gasteiger charge is 2.33. The van der Waals surface area contributed by atoms with Crippen LogP contribution in [0.1, 0.15) is 23.4 Å². The molecule has 2 aromatic rings. The SMILES string of the molecule is CNC(=O)C1CN(C(=O)CCc2c(C)nc(SC)nc2C)c2ccccc2O1. The first kappa shape index (κ1) is 20.1. The molecule has 0 radical (unpaired) electrons. The zero-order valence-corrected chi connectivity index (χ0v) is 17.3. The van der Waals surface area contributed by atoms with Gasteiger partial charge in [-0.15, -0.1) is 0 Å². The van der Waals surface area contributed by atoms with Gasteiger partial charge in [0.25, 0.3) is 5.91 Å². The lowest BCUT2D eigenvalue weighted by Gasteiger charge is -2.34. The fourth-order valence-corrected chi connectivity index (χ4v) is 3.75. The molecular weight excluding hydrogens is 376 g/mol. The van der Waals surface area contributed by atoms with Gasteiger partial charge in [-0.05, 0) is 44.2 Å². The van der Waals surface area contributed by atoms with Crippen LogP contribution >= 0.6 is 11.8 Å². The lowest BCUT2D eigenvalue weighted by molar-refractivity contribution is -0.127. The van der Waals surface area contributed by atoms with Crippen molar-refractivity contribution in [2.24, 2.45) is 0 Å². The second-order valence-electron chi connectivity index (χ2n) is 6.55. The molecule has 1 aliphatic rings. The van der Waals surface area contributed by atoms with Crippen LogP contribution in [-0.4, -0.2) is 47.7 Å². The maximum atomic E-state index is 13.0. The summed E-state index contributed by atoms with van der Waals surface area (Å²) in [5, 5.41) is 3.32. The Kier molecular flexibility index (Phi) is 6.18. The number of hydrogen-bond donors (Lipinski definition) is 1. The van der Waals surface area contributed by atoms with Gasteiger partial charge in [0.15, 0.2) is 11.3 Å². The summed E-state index contributed by atoms with van der Waals surface area (Å²) in [7, 11) is 1.56. The number of para-hydroxylation sites is 2. The number of aromatic nitrogens is 2. The van der Waals surface area contributed by atoms with E-state index in [0.717, 1.165) is 22.1 Å². The van der Waals surface area contributed by atoms with Gasteiger partial charge in [0.05, 0.1) is 12.2 Å². The monoisotopic (exact) mass is 400 g/mol. The van der Waals surface area contributed by atoms with E-state index in [4.69, 9.17) is 4.74 Å². The van der Waals surface area contributed by atoms with Gasteiger partial charge in [-0.25, -0.2) is 9.97 Å². The highest BCUT2D eigenvalue weighted by molar-refractivity contribution is 7.98. The molecule has 1 unspecified atom stereocenters. The third-order valence-corrected chi connectivity index (χ3v) is 5.33. The number of carbonyl (C=O) groups is 2. The van der Waals surface area contributed by atoms with Crippen molar-refractivity contribution in [3.05, 3.63) is 41.2 Å². The van der Waals surface area contributed by atoms with Gasteiger partial charge in [0.2, 0.25) is 5.91 Å². The molecule has 2 heterocycles. The minimum absolute atomic E-state index is 0.0580. The number of likely N-dealkylation sites (N-methyl/N-ethyl adjacent to an activating group) is 1. The van der Waals surface area contributed by atoms with E-state index >= 15 is 0 Å². The largest absolute Gasteiger partial charge is 0.477 e. The number of amides is 2. The van der Waals surface area contributed by atoms with Crippen LogP contribution in [0.2, 0.25) is 0 Å². The van der Waals surface area contributed by atoms with Crippen LogP contribution in [0, 0.1) is 13.8 Å². The number of nitrogens with one attached hydrogen (secondary N) is 1. The van der Waals surface area contributed by atoms with Crippen LogP contribution in [0.4, 0.5) is 5.69 Å². The number of aryl methyl sites for hydroxylation is 2. The van der Waals surface area contributed by atoms with Crippen molar-refractivity contribution in [3.8, 4) is 5.75 Å². The second-order valence-corrected chi connectivity index (χ2v) is 7.33. The Morgan fingerprint density at radius 3 is 2.57 bits per heavy atom. The molecule has 7 nitrogen and oxygen atoms in total. The zero-order valence-electron chi connectivity index (χ0n) is 16.5. The highest BCUT2D eigenvalue weighted by Crippen LogP contribution is 2.33. The Hall–Kier alpha value is -2.61. The average molecular weight is 401 g/mol. The predicted octanol–water partition coefficient (Wildman–Crippen LogP) is 2.29. The van der Waals surface area contributed by atoms with Gasteiger partial charge < -0.3 is 15.0 Å². The van der Waals surface area contributed by atoms with E-state index in [1.54, 1.807) is 18.0 Å². The maximum absolute atomic E-state index is 13.0. The molecule has 1 aliphatic heterocycles. The Morgan fingerprint density at radius 1 is 1.25 bits per heavy atom. The first-order valence-corrected chi connectivity index (χ1v) is 10.3. The van der Waals surface area contributed by atoms with Crippen LogP contribution in [0.5, 0.6) is 5.75 Å². The van der Waals surface area contributed by atoms with Crippen molar-refractivity contribution in [2.75, 3.05) is 24.7 Å². The molecule has 0 bridgehead atoms. The van der Waals surface area contributed by atoms with Gasteiger partial charge in [0, 0.05) is 24.9 Å². The average Bonchev–Trinajstić information content (AvgIpc) is 2.71. The molecule has 148 valence electrons. The third-order valence-electron chi connectivity index (χ3n) is 4.79. The number of rotatable bonds is 5. The number of nitrogens with zero attached hydrogens (tertiary/aromatic N) is 3. The van der Waals surface area contributed by atoms with Crippen molar-refractivity contribution in [1.82, 2.24) is 15.3 Å². The minimum Gasteiger partial charge on any atom is -0.477 e. The fraction of sp³-hybridized carbons (Fsp3) is 0.400. The molecule has 28 heavy (non-hydrogen) atoms. The summed E-state index contributed by atoms with van der Waals surface area (Å²) in [6, 6.07) is 7.28. The number of hydrogen-bond acceptors (Lipinski definition) is 6. The number of benzene rings is 1. The lowest BCUT2D eigenvalue weighted by Crippen LogP contribution is -2.50. The fourth-order valence-electron chi connectivity index (χ4n) is 3.30. The van der Waals surface area contributed by atoms with Crippen molar-refractivity contribution < 1.29 is 14.3 Å². The van der Waals surface area contributed by atoms with Crippen LogP contribution in [0.3, 0.4) is 0 Å². The number of ether oxygens (including phenoxy) is 1. The smallest absolute Gasteiger partial charge is 0.262 e. The molecule has 1 N–H and O–H groups in total. The highest BCUT2D eigenvalue weighted by atomic mass is 32.2. The summed E-state index contributed by atoms with van der Waals surface area (Å²) in [6.45, 7) is 4.08. The number of thioether (sulfide) groups is 1. The number of fused-ring (bicyclic) bond motifs is 1. The molecule has 0 saturated carbocycles. The summed E-state index contributed by atoms with van der Waals surface area (Å²) < 4.78 is 5.76. The Morgan fingerprint density at radius 2 is 1.93 bits per heavy atom. The van der Waals surface area contributed by atoms with Gasteiger partial charge in [-0.1, -0.05) is 23.9 Å². The van der Waals surface area contributed by atoms with Gasteiger partial charge >= 0.3 is 0 Å². The Balaban J connectivity index is 1.79. The number of anilines is 1. The van der Waals surface area contributed by atoms with Gasteiger partial charge in [-0.2, -0.15) is 0 Å². The maximum Gasteiger partial charge on any atom is 0.262 e. The molecule has 3 rings (SSSR count). The summed E-state index contributed by atoms with van der Waals surface area (Å²) in [6.07, 6.45) is 2.07. The predicted molar refractivity (Wildman–Crippen MR) is 109 cm³/mol. The van der Waals surface area contributed by atoms with Crippen LogP contribution in [0.25, 0.3) is 0 Å². The van der Waals surface area contributed by atoms with E-state index in [0.29, 0.717) is 24.3 Å². The quantitative estimate of drug-likeness (QED) is 0.612. The van der Waals surface area contributed by atoms with Crippen LogP contribution in [0.15, 0.2) is 29.4 Å². The molecule has 8 heteroatoms. The van der Waals surface area contributed by atoms with Crippen molar-refractivity contribution >= 4 is 29.3 Å². The van der Waals surface area contributed by atoms with Crippen LogP contribution < -0.4 is 15.0 Å². The first-order chi connectivity index (χ1) is 13.4. The molecule has 0 aliphatic carbocycles. The Bertz CT molecular complexity index is 880. The molecule has 0 spiro atoms. The zero-order chi connectivity index (χ0) is 20.3. The normalized spacial score (nSPS) is 15.6. The van der Waals surface area contributed by atoms with Crippen LogP contribution in [-0.2, 0) is 16.0 Å².